The van der Waals surface area contributed by atoms with Crippen molar-refractivity contribution in [2.45, 2.75) is 18.8 Å². The van der Waals surface area contributed by atoms with E-state index in [1.165, 1.54) is 11.1 Å². The van der Waals surface area contributed by atoms with E-state index in [4.69, 9.17) is 0 Å². The zero-order valence-corrected chi connectivity index (χ0v) is 14.3. The van der Waals surface area contributed by atoms with Gasteiger partial charge in [0.2, 0.25) is 5.91 Å². The summed E-state index contributed by atoms with van der Waals surface area (Å²) in [5, 5.41) is 7.08. The summed E-state index contributed by atoms with van der Waals surface area (Å²) in [5.74, 6) is 0.391. The lowest BCUT2D eigenvalue weighted by Gasteiger charge is -2.18. The van der Waals surface area contributed by atoms with E-state index in [1.807, 2.05) is 29.0 Å². The van der Waals surface area contributed by atoms with E-state index in [9.17, 15) is 4.79 Å². The molecule has 0 aliphatic heterocycles. The highest BCUT2D eigenvalue weighted by Crippen LogP contribution is 2.27. The highest BCUT2D eigenvalue weighted by molar-refractivity contribution is 7.07. The molecule has 1 amide bonds. The molecule has 0 atom stereocenters. The van der Waals surface area contributed by atoms with Crippen molar-refractivity contribution in [3.63, 3.8) is 0 Å². The molecule has 24 heavy (non-hydrogen) atoms. The van der Waals surface area contributed by atoms with Crippen LogP contribution in [0.4, 0.5) is 0 Å². The summed E-state index contributed by atoms with van der Waals surface area (Å²) in [6, 6.07) is 23.0. The Balaban J connectivity index is 1.61. The van der Waals surface area contributed by atoms with Crippen molar-refractivity contribution in [2.24, 2.45) is 0 Å². The van der Waals surface area contributed by atoms with Gasteiger partial charge in [0.15, 0.2) is 0 Å². The molecule has 0 spiro atoms. The zero-order valence-electron chi connectivity index (χ0n) is 13.5. The molecular weight excluding hydrogens is 314 g/mol. The van der Waals surface area contributed by atoms with E-state index >= 15 is 0 Å². The van der Waals surface area contributed by atoms with E-state index in [2.05, 4.69) is 53.8 Å². The molecular formula is C21H21NOS. The summed E-state index contributed by atoms with van der Waals surface area (Å²) >= 11 is 1.62. The van der Waals surface area contributed by atoms with Crippen molar-refractivity contribution in [1.29, 1.82) is 0 Å². The number of hydrogen-bond acceptors (Lipinski definition) is 2. The normalized spacial score (nSPS) is 10.7. The zero-order chi connectivity index (χ0) is 16.6. The number of thiophene rings is 1. The van der Waals surface area contributed by atoms with Crippen LogP contribution in [-0.4, -0.2) is 12.5 Å². The van der Waals surface area contributed by atoms with Gasteiger partial charge >= 0.3 is 0 Å². The topological polar surface area (TPSA) is 29.1 Å². The van der Waals surface area contributed by atoms with Gasteiger partial charge in [-0.3, -0.25) is 4.79 Å². The first kappa shape index (κ1) is 16.5. The highest BCUT2D eigenvalue weighted by atomic mass is 32.1. The Morgan fingerprint density at radius 3 is 2.08 bits per heavy atom. The second-order valence-corrected chi connectivity index (χ2v) is 6.60. The van der Waals surface area contributed by atoms with Crippen LogP contribution in [0.25, 0.3) is 0 Å². The number of rotatable bonds is 7. The molecule has 0 saturated heterocycles. The Morgan fingerprint density at radius 2 is 1.54 bits per heavy atom. The lowest BCUT2D eigenvalue weighted by Crippen LogP contribution is -2.27. The fourth-order valence-electron chi connectivity index (χ4n) is 2.89. The summed E-state index contributed by atoms with van der Waals surface area (Å²) in [5.41, 5.74) is 3.66. The second-order valence-electron chi connectivity index (χ2n) is 5.82. The Bertz CT molecular complexity index is 699. The largest absolute Gasteiger partial charge is 0.356 e. The number of amides is 1. The lowest BCUT2D eigenvalue weighted by molar-refractivity contribution is -0.120. The van der Waals surface area contributed by atoms with Crippen molar-refractivity contribution < 1.29 is 4.79 Å². The summed E-state index contributed by atoms with van der Waals surface area (Å²) < 4.78 is 0. The van der Waals surface area contributed by atoms with Crippen molar-refractivity contribution in [2.75, 3.05) is 6.54 Å². The molecule has 1 heterocycles. The number of nitrogens with one attached hydrogen (secondary N) is 1. The van der Waals surface area contributed by atoms with Gasteiger partial charge < -0.3 is 5.32 Å². The van der Waals surface area contributed by atoms with Crippen LogP contribution in [0.5, 0.6) is 0 Å². The maximum Gasteiger partial charge on any atom is 0.224 e. The van der Waals surface area contributed by atoms with E-state index < -0.39 is 0 Å². The smallest absolute Gasteiger partial charge is 0.224 e. The predicted octanol–water partition coefficient (Wildman–Crippen LogP) is 4.63. The molecule has 3 heteroatoms. The van der Waals surface area contributed by atoms with Gasteiger partial charge in [0, 0.05) is 12.5 Å². The Kier molecular flexibility index (Phi) is 5.80. The van der Waals surface area contributed by atoms with Gasteiger partial charge in [-0.25, -0.2) is 0 Å². The molecule has 122 valence electrons. The minimum atomic E-state index is 0.0910. The molecule has 0 aliphatic rings. The molecule has 0 bridgehead atoms. The average Bonchev–Trinajstić information content (AvgIpc) is 3.13. The van der Waals surface area contributed by atoms with E-state index in [0.717, 1.165) is 12.0 Å². The maximum atomic E-state index is 12.1. The standard InChI is InChI=1S/C21H21NOS/c23-21(15-17-12-14-24-16-17)22-13-11-20(18-7-3-1-4-8-18)19-9-5-2-6-10-19/h1-10,12,14,16,20H,11,13,15H2,(H,22,23). The van der Waals surface area contributed by atoms with Crippen molar-refractivity contribution in [1.82, 2.24) is 5.32 Å². The first-order chi connectivity index (χ1) is 11.8. The monoisotopic (exact) mass is 335 g/mol. The summed E-state index contributed by atoms with van der Waals surface area (Å²) in [6.45, 7) is 0.678. The maximum absolute atomic E-state index is 12.1. The molecule has 2 nitrogen and oxygen atoms in total. The van der Waals surface area contributed by atoms with Crippen LogP contribution >= 0.6 is 11.3 Å². The van der Waals surface area contributed by atoms with Gasteiger partial charge in [-0.2, -0.15) is 11.3 Å². The van der Waals surface area contributed by atoms with Gasteiger partial charge in [-0.1, -0.05) is 60.7 Å². The SMILES string of the molecule is O=C(Cc1ccsc1)NCCC(c1ccccc1)c1ccccc1. The third-order valence-corrected chi connectivity index (χ3v) is 4.84. The summed E-state index contributed by atoms with van der Waals surface area (Å²) in [6.07, 6.45) is 1.36. The first-order valence-electron chi connectivity index (χ1n) is 8.20. The van der Waals surface area contributed by atoms with E-state index in [1.54, 1.807) is 11.3 Å². The van der Waals surface area contributed by atoms with Gasteiger partial charge in [0.05, 0.1) is 6.42 Å². The van der Waals surface area contributed by atoms with Crippen molar-refractivity contribution in [3.05, 3.63) is 94.2 Å². The fourth-order valence-corrected chi connectivity index (χ4v) is 3.56. The van der Waals surface area contributed by atoms with Crippen molar-refractivity contribution in [3.8, 4) is 0 Å². The van der Waals surface area contributed by atoms with Crippen LogP contribution in [0.2, 0.25) is 0 Å². The quantitative estimate of drug-likeness (QED) is 0.670. The number of carbonyl (C=O) groups excluding carboxylic acids is 1. The van der Waals surface area contributed by atoms with Gasteiger partial charge in [-0.05, 0) is 39.9 Å². The van der Waals surface area contributed by atoms with E-state index in [-0.39, 0.29) is 5.91 Å². The molecule has 1 aromatic heterocycles. The van der Waals surface area contributed by atoms with Crippen molar-refractivity contribution >= 4 is 17.2 Å². The molecule has 0 unspecified atom stereocenters. The van der Waals surface area contributed by atoms with Gasteiger partial charge in [-0.15, -0.1) is 0 Å². The third kappa shape index (κ3) is 4.56. The molecule has 0 radical (unpaired) electrons. The molecule has 3 aromatic rings. The van der Waals surface area contributed by atoms with Gasteiger partial charge in [0.25, 0.3) is 0 Å². The second kappa shape index (κ2) is 8.46. The molecule has 0 fully saturated rings. The Morgan fingerprint density at radius 1 is 0.917 bits per heavy atom. The predicted molar refractivity (Wildman–Crippen MR) is 100 cm³/mol. The molecule has 0 saturated carbocycles. The average molecular weight is 335 g/mol. The summed E-state index contributed by atoms with van der Waals surface area (Å²) in [4.78, 5) is 12.1. The van der Waals surface area contributed by atoms with Crippen LogP contribution < -0.4 is 5.32 Å². The van der Waals surface area contributed by atoms with Crippen LogP contribution in [0.15, 0.2) is 77.5 Å². The first-order valence-corrected chi connectivity index (χ1v) is 9.15. The molecule has 1 N–H and O–H groups in total. The molecule has 3 rings (SSSR count). The minimum absolute atomic E-state index is 0.0910. The Hall–Kier alpha value is -2.39. The third-order valence-electron chi connectivity index (χ3n) is 4.10. The van der Waals surface area contributed by atoms with Crippen LogP contribution in [0.3, 0.4) is 0 Å². The van der Waals surface area contributed by atoms with Crippen LogP contribution in [0, 0.1) is 0 Å². The number of hydrogen-bond donors (Lipinski definition) is 1. The van der Waals surface area contributed by atoms with E-state index in [0.29, 0.717) is 18.9 Å². The molecule has 2 aromatic carbocycles. The van der Waals surface area contributed by atoms with Gasteiger partial charge in [0.1, 0.15) is 0 Å². The molecule has 0 aliphatic carbocycles. The number of carbonyl (C=O) groups is 1. The lowest BCUT2D eigenvalue weighted by atomic mass is 9.88. The van der Waals surface area contributed by atoms with Crippen LogP contribution in [0.1, 0.15) is 29.0 Å². The Labute approximate surface area is 147 Å². The fraction of sp³-hybridized carbons (Fsp3) is 0.190. The van der Waals surface area contributed by atoms with Crippen LogP contribution in [-0.2, 0) is 11.2 Å². The minimum Gasteiger partial charge on any atom is -0.356 e. The highest BCUT2D eigenvalue weighted by Gasteiger charge is 2.14. The summed E-state index contributed by atoms with van der Waals surface area (Å²) in [7, 11) is 0. The number of benzene rings is 2.